The van der Waals surface area contributed by atoms with Gasteiger partial charge < -0.3 is 4.90 Å². The lowest BCUT2D eigenvalue weighted by Crippen LogP contribution is -2.59. The van der Waals surface area contributed by atoms with Crippen LogP contribution < -0.4 is 4.90 Å². The lowest BCUT2D eigenvalue weighted by Gasteiger charge is -2.45. The van der Waals surface area contributed by atoms with Crippen molar-refractivity contribution in [2.45, 2.75) is 31.5 Å². The summed E-state index contributed by atoms with van der Waals surface area (Å²) in [5.74, 6) is 1.75. The number of pyridine rings is 1. The van der Waals surface area contributed by atoms with E-state index in [4.69, 9.17) is 0 Å². The summed E-state index contributed by atoms with van der Waals surface area (Å²) in [4.78, 5) is 8.23. The molecule has 1 saturated carbocycles. The standard InChI is InChI=1S/C16H20F3N3/c17-16(18,19)14-5-2-6-20-15(14)22-9-13(10-22)21-7-11-3-1-4-12(11)8-21/h2,5-6,11-13H,1,3-4,7-10H2. The molecule has 3 nitrogen and oxygen atoms in total. The Morgan fingerprint density at radius 2 is 1.73 bits per heavy atom. The number of hydrogen-bond acceptors (Lipinski definition) is 3. The third-order valence-corrected chi connectivity index (χ3v) is 5.52. The van der Waals surface area contributed by atoms with Crippen LogP contribution in [0, 0.1) is 11.8 Å². The molecule has 0 radical (unpaired) electrons. The number of anilines is 1. The smallest absolute Gasteiger partial charge is 0.353 e. The Hall–Kier alpha value is -1.30. The highest BCUT2D eigenvalue weighted by Gasteiger charge is 2.44. The molecule has 1 aromatic rings. The van der Waals surface area contributed by atoms with E-state index in [-0.39, 0.29) is 5.82 Å². The number of nitrogens with zero attached hydrogens (tertiary/aromatic N) is 3. The van der Waals surface area contributed by atoms with Crippen LogP contribution in [0.25, 0.3) is 0 Å². The zero-order valence-corrected chi connectivity index (χ0v) is 12.4. The molecule has 4 rings (SSSR count). The number of aromatic nitrogens is 1. The van der Waals surface area contributed by atoms with Crippen molar-refractivity contribution in [1.29, 1.82) is 0 Å². The summed E-state index contributed by atoms with van der Waals surface area (Å²) in [5, 5.41) is 0. The molecule has 3 heterocycles. The normalized spacial score (nSPS) is 29.7. The Labute approximate surface area is 128 Å². The van der Waals surface area contributed by atoms with Gasteiger partial charge in [-0.1, -0.05) is 6.42 Å². The monoisotopic (exact) mass is 311 g/mol. The average molecular weight is 311 g/mol. The first-order valence-electron chi connectivity index (χ1n) is 8.03. The van der Waals surface area contributed by atoms with Gasteiger partial charge in [-0.15, -0.1) is 0 Å². The van der Waals surface area contributed by atoms with E-state index in [1.54, 1.807) is 4.90 Å². The molecule has 0 N–H and O–H groups in total. The van der Waals surface area contributed by atoms with Crippen LogP contribution in [0.3, 0.4) is 0 Å². The first-order chi connectivity index (χ1) is 10.5. The lowest BCUT2D eigenvalue weighted by molar-refractivity contribution is -0.137. The fraction of sp³-hybridized carbons (Fsp3) is 0.688. The van der Waals surface area contributed by atoms with Crippen molar-refractivity contribution < 1.29 is 13.2 Å². The molecule has 2 unspecified atom stereocenters. The van der Waals surface area contributed by atoms with Crippen molar-refractivity contribution in [2.24, 2.45) is 11.8 Å². The van der Waals surface area contributed by atoms with Gasteiger partial charge in [-0.25, -0.2) is 4.98 Å². The van der Waals surface area contributed by atoms with Crippen molar-refractivity contribution in [3.8, 4) is 0 Å². The van der Waals surface area contributed by atoms with Gasteiger partial charge in [0.05, 0.1) is 5.56 Å². The third kappa shape index (κ3) is 2.37. The molecule has 2 saturated heterocycles. The van der Waals surface area contributed by atoms with Gasteiger partial charge in [-0.05, 0) is 36.8 Å². The molecule has 0 aromatic carbocycles. The van der Waals surface area contributed by atoms with E-state index in [9.17, 15) is 13.2 Å². The largest absolute Gasteiger partial charge is 0.419 e. The summed E-state index contributed by atoms with van der Waals surface area (Å²) < 4.78 is 39.1. The maximum absolute atomic E-state index is 13.0. The Morgan fingerprint density at radius 3 is 2.36 bits per heavy atom. The van der Waals surface area contributed by atoms with Crippen LogP contribution >= 0.6 is 0 Å². The van der Waals surface area contributed by atoms with Crippen molar-refractivity contribution >= 4 is 5.82 Å². The molecule has 0 bridgehead atoms. The van der Waals surface area contributed by atoms with E-state index in [1.165, 1.54) is 31.5 Å². The summed E-state index contributed by atoms with van der Waals surface area (Å²) in [6.07, 6.45) is 1.12. The highest BCUT2D eigenvalue weighted by atomic mass is 19.4. The van der Waals surface area contributed by atoms with Gasteiger partial charge in [-0.3, -0.25) is 4.90 Å². The van der Waals surface area contributed by atoms with Gasteiger partial charge in [0.1, 0.15) is 5.82 Å². The molecule has 0 amide bonds. The van der Waals surface area contributed by atoms with Crippen molar-refractivity contribution in [3.63, 3.8) is 0 Å². The molecule has 2 aliphatic heterocycles. The predicted molar refractivity (Wildman–Crippen MR) is 77.6 cm³/mol. The molecule has 2 atom stereocenters. The van der Waals surface area contributed by atoms with Crippen LogP contribution in [-0.4, -0.2) is 42.1 Å². The highest BCUT2D eigenvalue weighted by Crippen LogP contribution is 2.41. The van der Waals surface area contributed by atoms with Crippen LogP contribution in [0.15, 0.2) is 18.3 Å². The van der Waals surface area contributed by atoms with E-state index >= 15 is 0 Å². The maximum atomic E-state index is 13.0. The second-order valence-corrected chi connectivity index (χ2v) is 6.84. The summed E-state index contributed by atoms with van der Waals surface area (Å²) in [5.41, 5.74) is -0.619. The van der Waals surface area contributed by atoms with Gasteiger partial charge in [0, 0.05) is 38.4 Å². The lowest BCUT2D eigenvalue weighted by atomic mass is 10.0. The topological polar surface area (TPSA) is 19.4 Å². The van der Waals surface area contributed by atoms with Gasteiger partial charge in [-0.2, -0.15) is 13.2 Å². The molecule has 3 fully saturated rings. The van der Waals surface area contributed by atoms with E-state index in [1.807, 2.05) is 0 Å². The Kier molecular flexibility index (Phi) is 3.33. The van der Waals surface area contributed by atoms with Crippen LogP contribution in [0.2, 0.25) is 0 Å². The number of rotatable bonds is 2. The second-order valence-electron chi connectivity index (χ2n) is 6.84. The maximum Gasteiger partial charge on any atom is 0.419 e. The average Bonchev–Trinajstić information content (AvgIpc) is 2.97. The molecule has 0 spiro atoms. The predicted octanol–water partition coefficient (Wildman–Crippen LogP) is 3.02. The molecule has 3 aliphatic rings. The zero-order valence-electron chi connectivity index (χ0n) is 12.4. The van der Waals surface area contributed by atoms with Crippen LogP contribution in [0.4, 0.5) is 19.0 Å². The fourth-order valence-corrected chi connectivity index (χ4v) is 4.30. The SMILES string of the molecule is FC(F)(F)c1cccnc1N1CC(N2CC3CCCC3C2)C1. The van der Waals surface area contributed by atoms with Crippen LogP contribution in [-0.2, 0) is 6.18 Å². The molecule has 1 aliphatic carbocycles. The highest BCUT2D eigenvalue weighted by molar-refractivity contribution is 5.51. The number of fused-ring (bicyclic) bond motifs is 1. The van der Waals surface area contributed by atoms with Crippen molar-refractivity contribution in [2.75, 3.05) is 31.1 Å². The summed E-state index contributed by atoms with van der Waals surface area (Å²) in [6.45, 7) is 3.61. The van der Waals surface area contributed by atoms with E-state index in [0.717, 1.165) is 31.0 Å². The van der Waals surface area contributed by atoms with Gasteiger partial charge in [0.25, 0.3) is 0 Å². The minimum absolute atomic E-state index is 0.0886. The molecule has 120 valence electrons. The first-order valence-corrected chi connectivity index (χ1v) is 8.03. The van der Waals surface area contributed by atoms with Crippen molar-refractivity contribution in [1.82, 2.24) is 9.88 Å². The minimum Gasteiger partial charge on any atom is -0.353 e. The summed E-state index contributed by atoms with van der Waals surface area (Å²) in [7, 11) is 0. The summed E-state index contributed by atoms with van der Waals surface area (Å²) >= 11 is 0. The number of hydrogen-bond donors (Lipinski definition) is 0. The van der Waals surface area contributed by atoms with E-state index < -0.39 is 11.7 Å². The Bertz CT molecular complexity index is 542. The number of alkyl halides is 3. The fourth-order valence-electron chi connectivity index (χ4n) is 4.30. The first kappa shape index (κ1) is 14.3. The van der Waals surface area contributed by atoms with E-state index in [2.05, 4.69) is 9.88 Å². The number of likely N-dealkylation sites (tertiary alicyclic amines) is 1. The Balaban J connectivity index is 1.42. The quantitative estimate of drug-likeness (QED) is 0.837. The second kappa shape index (κ2) is 5.11. The summed E-state index contributed by atoms with van der Waals surface area (Å²) in [6, 6.07) is 2.87. The molecule has 6 heteroatoms. The minimum atomic E-state index is -4.33. The molecule has 1 aromatic heterocycles. The van der Waals surface area contributed by atoms with Crippen LogP contribution in [0.5, 0.6) is 0 Å². The van der Waals surface area contributed by atoms with Gasteiger partial charge in [0.2, 0.25) is 0 Å². The zero-order chi connectivity index (χ0) is 15.3. The molecular formula is C16H20F3N3. The van der Waals surface area contributed by atoms with Gasteiger partial charge in [0.15, 0.2) is 0 Å². The molecular weight excluding hydrogens is 291 g/mol. The molecule has 22 heavy (non-hydrogen) atoms. The van der Waals surface area contributed by atoms with Gasteiger partial charge >= 0.3 is 6.18 Å². The number of halogens is 3. The van der Waals surface area contributed by atoms with Crippen molar-refractivity contribution in [3.05, 3.63) is 23.9 Å². The third-order valence-electron chi connectivity index (χ3n) is 5.52. The Morgan fingerprint density at radius 1 is 1.05 bits per heavy atom. The van der Waals surface area contributed by atoms with Crippen LogP contribution in [0.1, 0.15) is 24.8 Å². The van der Waals surface area contributed by atoms with E-state index in [0.29, 0.717) is 19.1 Å².